The number of fused-ring (bicyclic) bond motifs is 1. The van der Waals surface area contributed by atoms with E-state index in [1.807, 2.05) is 54.6 Å². The molecule has 2 amide bonds. The summed E-state index contributed by atoms with van der Waals surface area (Å²) in [5, 5.41) is 2.91. The lowest BCUT2D eigenvalue weighted by Crippen LogP contribution is -2.42. The zero-order valence-corrected chi connectivity index (χ0v) is 15.1. The van der Waals surface area contributed by atoms with Crippen LogP contribution in [0.3, 0.4) is 0 Å². The average Bonchev–Trinajstić information content (AvgIpc) is 2.71. The molecule has 1 N–H and O–H groups in total. The number of Topliss-reactive ketones (excluding diaryl/α,β-unsaturated/α-hetero) is 1. The quantitative estimate of drug-likeness (QED) is 0.625. The molecular formula is C23H19FN2O2. The van der Waals surface area contributed by atoms with Crippen LogP contribution in [0, 0.1) is 5.82 Å². The molecule has 0 saturated carbocycles. The van der Waals surface area contributed by atoms with Crippen molar-refractivity contribution in [2.24, 2.45) is 0 Å². The van der Waals surface area contributed by atoms with E-state index in [0.29, 0.717) is 17.8 Å². The molecule has 1 heterocycles. The molecular weight excluding hydrogens is 355 g/mol. The minimum absolute atomic E-state index is 0.128. The zero-order valence-electron chi connectivity index (χ0n) is 15.1. The highest BCUT2D eigenvalue weighted by atomic mass is 19.1. The van der Waals surface area contributed by atoms with E-state index < -0.39 is 6.04 Å². The van der Waals surface area contributed by atoms with Crippen molar-refractivity contribution in [2.75, 3.05) is 5.32 Å². The van der Waals surface area contributed by atoms with Crippen LogP contribution in [0.2, 0.25) is 0 Å². The molecule has 1 atom stereocenters. The molecule has 5 heteroatoms. The van der Waals surface area contributed by atoms with Gasteiger partial charge in [0.05, 0.1) is 6.04 Å². The van der Waals surface area contributed by atoms with E-state index in [-0.39, 0.29) is 24.1 Å². The van der Waals surface area contributed by atoms with Crippen LogP contribution in [0.4, 0.5) is 14.9 Å². The monoisotopic (exact) mass is 374 g/mol. The Labute approximate surface area is 162 Å². The number of anilines is 1. The number of amides is 2. The lowest BCUT2D eigenvalue weighted by Gasteiger charge is -2.37. The van der Waals surface area contributed by atoms with Crippen molar-refractivity contribution in [2.45, 2.75) is 19.0 Å². The number of rotatable bonds is 5. The molecule has 0 spiro atoms. The minimum Gasteiger partial charge on any atom is -0.313 e. The Kier molecular flexibility index (Phi) is 4.89. The van der Waals surface area contributed by atoms with E-state index in [1.54, 1.807) is 4.90 Å². The molecule has 28 heavy (non-hydrogen) atoms. The van der Waals surface area contributed by atoms with Gasteiger partial charge in [-0.25, -0.2) is 9.18 Å². The molecule has 1 unspecified atom stereocenters. The number of benzene rings is 3. The van der Waals surface area contributed by atoms with Crippen LogP contribution in [-0.4, -0.2) is 16.7 Å². The summed E-state index contributed by atoms with van der Waals surface area (Å²) in [6.07, 6.45) is 0.128. The molecule has 140 valence electrons. The average molecular weight is 374 g/mol. The summed E-state index contributed by atoms with van der Waals surface area (Å²) in [4.78, 5) is 27.3. The van der Waals surface area contributed by atoms with Gasteiger partial charge in [-0.3, -0.25) is 4.79 Å². The van der Waals surface area contributed by atoms with Gasteiger partial charge in [0.2, 0.25) is 0 Å². The van der Waals surface area contributed by atoms with Crippen molar-refractivity contribution < 1.29 is 14.0 Å². The highest BCUT2D eigenvalue weighted by molar-refractivity contribution is 5.98. The first-order chi connectivity index (χ1) is 13.6. The van der Waals surface area contributed by atoms with Crippen LogP contribution in [0.25, 0.3) is 0 Å². The van der Waals surface area contributed by atoms with Crippen LogP contribution in [0.1, 0.15) is 33.9 Å². The Hall–Kier alpha value is -3.47. The highest BCUT2D eigenvalue weighted by Gasteiger charge is 2.33. The normalized spacial score (nSPS) is 15.7. The topological polar surface area (TPSA) is 49.4 Å². The maximum atomic E-state index is 13.2. The molecule has 0 aromatic heterocycles. The maximum Gasteiger partial charge on any atom is 0.322 e. The number of nitrogens with zero attached hydrogens (tertiary/aromatic N) is 1. The number of urea groups is 1. The lowest BCUT2D eigenvalue weighted by atomic mass is 9.93. The van der Waals surface area contributed by atoms with Gasteiger partial charge in [-0.15, -0.1) is 0 Å². The zero-order chi connectivity index (χ0) is 19.5. The SMILES string of the molecule is O=C(CC1c2ccccc2NC(=O)N1Cc1ccccc1)c1ccc(F)cc1. The summed E-state index contributed by atoms with van der Waals surface area (Å²) in [6.45, 7) is 0.391. The molecule has 0 radical (unpaired) electrons. The van der Waals surface area contributed by atoms with E-state index in [9.17, 15) is 14.0 Å². The first-order valence-corrected chi connectivity index (χ1v) is 9.11. The van der Waals surface area contributed by atoms with Gasteiger partial charge < -0.3 is 10.2 Å². The summed E-state index contributed by atoms with van der Waals surface area (Å²) < 4.78 is 13.2. The highest BCUT2D eigenvalue weighted by Crippen LogP contribution is 2.36. The van der Waals surface area contributed by atoms with E-state index >= 15 is 0 Å². The Morgan fingerprint density at radius 1 is 0.929 bits per heavy atom. The van der Waals surface area contributed by atoms with Gasteiger partial charge in [-0.05, 0) is 41.5 Å². The van der Waals surface area contributed by atoms with E-state index in [1.165, 1.54) is 24.3 Å². The van der Waals surface area contributed by atoms with Crippen molar-refractivity contribution in [1.29, 1.82) is 0 Å². The second-order valence-electron chi connectivity index (χ2n) is 6.78. The number of para-hydroxylation sites is 1. The second kappa shape index (κ2) is 7.64. The molecule has 3 aromatic carbocycles. The predicted octanol–water partition coefficient (Wildman–Crippen LogP) is 5.19. The summed E-state index contributed by atoms with van der Waals surface area (Å²) in [5.74, 6) is -0.516. The number of hydrogen-bond acceptors (Lipinski definition) is 2. The second-order valence-corrected chi connectivity index (χ2v) is 6.78. The van der Waals surface area contributed by atoms with Gasteiger partial charge in [0.1, 0.15) is 5.82 Å². The number of nitrogens with one attached hydrogen (secondary N) is 1. The van der Waals surface area contributed by atoms with Gasteiger partial charge in [-0.2, -0.15) is 0 Å². The van der Waals surface area contributed by atoms with Crippen LogP contribution >= 0.6 is 0 Å². The van der Waals surface area contributed by atoms with Crippen LogP contribution < -0.4 is 5.32 Å². The summed E-state index contributed by atoms with van der Waals surface area (Å²) >= 11 is 0. The fourth-order valence-electron chi connectivity index (χ4n) is 3.51. The van der Waals surface area contributed by atoms with E-state index in [4.69, 9.17) is 0 Å². The first-order valence-electron chi connectivity index (χ1n) is 9.11. The Morgan fingerprint density at radius 2 is 1.61 bits per heavy atom. The van der Waals surface area contributed by atoms with Crippen molar-refractivity contribution in [3.63, 3.8) is 0 Å². The summed E-state index contributed by atoms with van der Waals surface area (Å²) in [6, 6.07) is 22.0. The molecule has 0 aliphatic carbocycles. The number of carbonyl (C=O) groups is 2. The molecule has 0 saturated heterocycles. The van der Waals surface area contributed by atoms with Gasteiger partial charge in [0.25, 0.3) is 0 Å². The lowest BCUT2D eigenvalue weighted by molar-refractivity contribution is 0.0933. The molecule has 3 aromatic rings. The Morgan fingerprint density at radius 3 is 2.36 bits per heavy atom. The molecule has 1 aliphatic heterocycles. The largest absolute Gasteiger partial charge is 0.322 e. The van der Waals surface area contributed by atoms with Crippen molar-refractivity contribution in [1.82, 2.24) is 4.90 Å². The minimum atomic E-state index is -0.400. The third-order valence-corrected chi connectivity index (χ3v) is 4.94. The molecule has 0 bridgehead atoms. The molecule has 4 nitrogen and oxygen atoms in total. The maximum absolute atomic E-state index is 13.2. The van der Waals surface area contributed by atoms with Crippen molar-refractivity contribution in [3.05, 3.63) is 101 Å². The number of carbonyl (C=O) groups excluding carboxylic acids is 2. The number of ketones is 1. The Bertz CT molecular complexity index is 1000. The smallest absolute Gasteiger partial charge is 0.313 e. The fourth-order valence-corrected chi connectivity index (χ4v) is 3.51. The van der Waals surface area contributed by atoms with Gasteiger partial charge in [0.15, 0.2) is 5.78 Å². The third kappa shape index (κ3) is 3.64. The standard InChI is InChI=1S/C23H19FN2O2/c24-18-12-10-17(11-13-18)22(27)14-21-19-8-4-5-9-20(19)25-23(28)26(21)15-16-6-2-1-3-7-16/h1-13,21H,14-15H2,(H,25,28). The predicted molar refractivity (Wildman–Crippen MR) is 106 cm³/mol. The Balaban J connectivity index is 1.67. The van der Waals surface area contributed by atoms with Crippen LogP contribution in [-0.2, 0) is 6.54 Å². The summed E-state index contributed by atoms with van der Waals surface area (Å²) in [5.41, 5.74) is 3.03. The third-order valence-electron chi connectivity index (χ3n) is 4.94. The van der Waals surface area contributed by atoms with Crippen LogP contribution in [0.5, 0.6) is 0 Å². The molecule has 0 fully saturated rings. The van der Waals surface area contributed by atoms with Gasteiger partial charge in [0, 0.05) is 24.2 Å². The fraction of sp³-hybridized carbons (Fsp3) is 0.130. The van der Waals surface area contributed by atoms with Gasteiger partial charge in [-0.1, -0.05) is 48.5 Å². The number of halogens is 1. The first kappa shape index (κ1) is 17.9. The van der Waals surface area contributed by atoms with Crippen molar-refractivity contribution >= 4 is 17.5 Å². The molecule has 4 rings (SSSR count). The number of hydrogen-bond donors (Lipinski definition) is 1. The van der Waals surface area contributed by atoms with E-state index in [2.05, 4.69) is 5.32 Å². The van der Waals surface area contributed by atoms with Gasteiger partial charge >= 0.3 is 6.03 Å². The van der Waals surface area contributed by atoms with Crippen molar-refractivity contribution in [3.8, 4) is 0 Å². The van der Waals surface area contributed by atoms with Crippen LogP contribution in [0.15, 0.2) is 78.9 Å². The summed E-state index contributed by atoms with van der Waals surface area (Å²) in [7, 11) is 0. The van der Waals surface area contributed by atoms with E-state index in [0.717, 1.165) is 11.1 Å². The molecule has 1 aliphatic rings.